The average molecular weight is 387 g/mol. The van der Waals surface area contributed by atoms with Crippen LogP contribution in [0.5, 0.6) is 0 Å². The highest BCUT2D eigenvalue weighted by Gasteiger charge is 2.24. The minimum absolute atomic E-state index is 0.0843. The summed E-state index contributed by atoms with van der Waals surface area (Å²) in [5.41, 5.74) is 1.71. The predicted molar refractivity (Wildman–Crippen MR) is 106 cm³/mol. The van der Waals surface area contributed by atoms with Crippen molar-refractivity contribution in [3.63, 3.8) is 0 Å². The molecule has 0 unspecified atom stereocenters. The van der Waals surface area contributed by atoms with Gasteiger partial charge in [-0.3, -0.25) is 4.79 Å². The highest BCUT2D eigenvalue weighted by Crippen LogP contribution is 2.36. The molecule has 1 aromatic carbocycles. The summed E-state index contributed by atoms with van der Waals surface area (Å²) in [5.74, 6) is 0.799. The standard InChI is InChI=1S/C19H19ClN4OS/c1-12-15(18(25)21-10-13-4-6-14(20)7-5-13)16-17(24-8-2-3-9-24)22-11-23-19(16)26-12/h4-7,11H,2-3,8-10H2,1H3,(H,21,25). The van der Waals surface area contributed by atoms with E-state index in [4.69, 9.17) is 11.6 Å². The molecule has 3 heterocycles. The van der Waals surface area contributed by atoms with Crippen LogP contribution in [0.25, 0.3) is 10.2 Å². The summed E-state index contributed by atoms with van der Waals surface area (Å²) < 4.78 is 0. The molecule has 0 aliphatic carbocycles. The molecule has 0 saturated carbocycles. The number of aryl methyl sites for hydroxylation is 1. The number of benzene rings is 1. The van der Waals surface area contributed by atoms with Crippen LogP contribution in [0.3, 0.4) is 0 Å². The van der Waals surface area contributed by atoms with Crippen LogP contribution in [0, 0.1) is 6.92 Å². The van der Waals surface area contributed by atoms with Gasteiger partial charge in [0.1, 0.15) is 17.0 Å². The Kier molecular flexibility index (Phi) is 4.78. The molecule has 0 bridgehead atoms. The summed E-state index contributed by atoms with van der Waals surface area (Å²) in [6.07, 6.45) is 3.92. The van der Waals surface area contributed by atoms with Crippen LogP contribution in [0.2, 0.25) is 5.02 Å². The summed E-state index contributed by atoms with van der Waals surface area (Å²) in [4.78, 5) is 25.9. The Morgan fingerprint density at radius 1 is 1.23 bits per heavy atom. The van der Waals surface area contributed by atoms with Crippen molar-refractivity contribution in [3.8, 4) is 0 Å². The molecule has 7 heteroatoms. The molecule has 2 aromatic heterocycles. The van der Waals surface area contributed by atoms with Gasteiger partial charge in [0.2, 0.25) is 0 Å². The molecule has 1 saturated heterocycles. The van der Waals surface area contributed by atoms with Gasteiger partial charge in [-0.05, 0) is 37.5 Å². The number of thiophene rings is 1. The van der Waals surface area contributed by atoms with Crippen molar-refractivity contribution in [2.24, 2.45) is 0 Å². The third-order valence-electron chi connectivity index (χ3n) is 4.64. The maximum Gasteiger partial charge on any atom is 0.253 e. The van der Waals surface area contributed by atoms with E-state index in [1.165, 1.54) is 0 Å². The molecule has 4 rings (SSSR count). The van der Waals surface area contributed by atoms with Gasteiger partial charge < -0.3 is 10.2 Å². The molecule has 1 fully saturated rings. The maximum atomic E-state index is 12.9. The molecule has 1 N–H and O–H groups in total. The van der Waals surface area contributed by atoms with Crippen molar-refractivity contribution in [1.82, 2.24) is 15.3 Å². The first kappa shape index (κ1) is 17.2. The molecule has 1 amide bonds. The van der Waals surface area contributed by atoms with Gasteiger partial charge in [0, 0.05) is 29.5 Å². The number of rotatable bonds is 4. The fraction of sp³-hybridized carbons (Fsp3) is 0.316. The highest BCUT2D eigenvalue weighted by atomic mass is 35.5. The minimum Gasteiger partial charge on any atom is -0.356 e. The molecule has 1 aliphatic heterocycles. The Bertz CT molecular complexity index is 948. The summed E-state index contributed by atoms with van der Waals surface area (Å²) >= 11 is 7.46. The number of nitrogens with zero attached hydrogens (tertiary/aromatic N) is 3. The smallest absolute Gasteiger partial charge is 0.253 e. The Morgan fingerprint density at radius 2 is 1.96 bits per heavy atom. The van der Waals surface area contributed by atoms with Crippen molar-refractivity contribution >= 4 is 44.9 Å². The summed E-state index contributed by atoms with van der Waals surface area (Å²) in [6.45, 7) is 4.39. The molecule has 26 heavy (non-hydrogen) atoms. The van der Waals surface area contributed by atoms with Crippen LogP contribution in [-0.4, -0.2) is 29.0 Å². The average Bonchev–Trinajstić information content (AvgIpc) is 3.27. The highest BCUT2D eigenvalue weighted by molar-refractivity contribution is 7.19. The second-order valence-electron chi connectivity index (χ2n) is 6.41. The molecule has 3 aromatic rings. The van der Waals surface area contributed by atoms with Gasteiger partial charge >= 0.3 is 0 Å². The summed E-state index contributed by atoms with van der Waals surface area (Å²) in [5, 5.41) is 4.59. The Morgan fingerprint density at radius 3 is 2.69 bits per heavy atom. The Balaban J connectivity index is 1.65. The predicted octanol–water partition coefficient (Wildman–Crippen LogP) is 4.18. The van der Waals surface area contributed by atoms with E-state index in [2.05, 4.69) is 20.2 Å². The minimum atomic E-state index is -0.0843. The Labute approximate surface area is 161 Å². The molecule has 134 valence electrons. The number of hydrogen-bond acceptors (Lipinski definition) is 5. The Hall–Kier alpha value is -2.18. The van der Waals surface area contributed by atoms with Gasteiger partial charge in [-0.2, -0.15) is 0 Å². The van der Waals surface area contributed by atoms with E-state index in [0.29, 0.717) is 17.1 Å². The molecule has 0 atom stereocenters. The van der Waals surface area contributed by atoms with Crippen LogP contribution < -0.4 is 10.2 Å². The normalized spacial score (nSPS) is 14.2. The fourth-order valence-corrected chi connectivity index (χ4v) is 4.45. The number of hydrogen-bond donors (Lipinski definition) is 1. The van der Waals surface area contributed by atoms with Crippen LogP contribution in [0.15, 0.2) is 30.6 Å². The monoisotopic (exact) mass is 386 g/mol. The lowest BCUT2D eigenvalue weighted by atomic mass is 10.1. The number of carbonyl (C=O) groups excluding carboxylic acids is 1. The quantitative estimate of drug-likeness (QED) is 0.730. The van der Waals surface area contributed by atoms with Gasteiger partial charge in [0.05, 0.1) is 10.9 Å². The first-order valence-corrected chi connectivity index (χ1v) is 9.84. The van der Waals surface area contributed by atoms with Crippen molar-refractivity contribution in [2.45, 2.75) is 26.3 Å². The first-order valence-electron chi connectivity index (χ1n) is 8.65. The second-order valence-corrected chi connectivity index (χ2v) is 8.05. The number of aromatic nitrogens is 2. The summed E-state index contributed by atoms with van der Waals surface area (Å²) in [7, 11) is 0. The number of anilines is 1. The largest absolute Gasteiger partial charge is 0.356 e. The van der Waals surface area contributed by atoms with E-state index in [9.17, 15) is 4.79 Å². The summed E-state index contributed by atoms with van der Waals surface area (Å²) in [6, 6.07) is 7.49. The van der Waals surface area contributed by atoms with E-state index < -0.39 is 0 Å². The first-order chi connectivity index (χ1) is 12.6. The molecule has 0 spiro atoms. The zero-order valence-electron chi connectivity index (χ0n) is 14.5. The van der Waals surface area contributed by atoms with Gasteiger partial charge in [-0.15, -0.1) is 11.3 Å². The van der Waals surface area contributed by atoms with E-state index in [1.807, 2.05) is 31.2 Å². The van der Waals surface area contributed by atoms with Crippen LogP contribution in [-0.2, 0) is 6.54 Å². The van der Waals surface area contributed by atoms with Crippen LogP contribution in [0.1, 0.15) is 33.6 Å². The number of nitrogens with one attached hydrogen (secondary N) is 1. The van der Waals surface area contributed by atoms with Crippen molar-refractivity contribution in [2.75, 3.05) is 18.0 Å². The van der Waals surface area contributed by atoms with E-state index in [-0.39, 0.29) is 5.91 Å². The molecular formula is C19H19ClN4OS. The van der Waals surface area contributed by atoms with E-state index >= 15 is 0 Å². The number of fused-ring (bicyclic) bond motifs is 1. The van der Waals surface area contributed by atoms with E-state index in [1.54, 1.807) is 17.7 Å². The SMILES string of the molecule is Cc1sc2ncnc(N3CCCC3)c2c1C(=O)NCc1ccc(Cl)cc1. The lowest BCUT2D eigenvalue weighted by molar-refractivity contribution is 0.0952. The van der Waals surface area contributed by atoms with Crippen molar-refractivity contribution in [3.05, 3.63) is 51.6 Å². The fourth-order valence-electron chi connectivity index (χ4n) is 3.34. The van der Waals surface area contributed by atoms with E-state index in [0.717, 1.165) is 52.4 Å². The van der Waals surface area contributed by atoms with Gasteiger partial charge in [-0.25, -0.2) is 9.97 Å². The zero-order chi connectivity index (χ0) is 18.1. The number of amides is 1. The van der Waals surface area contributed by atoms with Crippen LogP contribution >= 0.6 is 22.9 Å². The van der Waals surface area contributed by atoms with Crippen LogP contribution in [0.4, 0.5) is 5.82 Å². The van der Waals surface area contributed by atoms with Crippen molar-refractivity contribution in [1.29, 1.82) is 0 Å². The van der Waals surface area contributed by atoms with Crippen molar-refractivity contribution < 1.29 is 4.79 Å². The lowest BCUT2D eigenvalue weighted by Gasteiger charge is -2.17. The second kappa shape index (κ2) is 7.21. The van der Waals surface area contributed by atoms with Gasteiger partial charge in [0.25, 0.3) is 5.91 Å². The lowest BCUT2D eigenvalue weighted by Crippen LogP contribution is -2.24. The third-order valence-corrected chi connectivity index (χ3v) is 5.91. The molecule has 1 aliphatic rings. The van der Waals surface area contributed by atoms with Gasteiger partial charge in [-0.1, -0.05) is 23.7 Å². The number of carbonyl (C=O) groups is 1. The number of halogens is 1. The third kappa shape index (κ3) is 3.27. The maximum absolute atomic E-state index is 12.9. The molecule has 5 nitrogen and oxygen atoms in total. The molecular weight excluding hydrogens is 368 g/mol. The topological polar surface area (TPSA) is 58.1 Å². The van der Waals surface area contributed by atoms with Gasteiger partial charge in [0.15, 0.2) is 0 Å². The molecule has 0 radical (unpaired) electrons. The zero-order valence-corrected chi connectivity index (χ0v) is 16.0.